The molecule has 1 aromatic carbocycles. The fraction of sp³-hybridized carbons (Fsp3) is 0.375. The number of halogens is 1. The van der Waals surface area contributed by atoms with Crippen LogP contribution in [0, 0.1) is 0 Å². The van der Waals surface area contributed by atoms with E-state index in [0.717, 1.165) is 12.0 Å². The van der Waals surface area contributed by atoms with Crippen LogP contribution in [0.15, 0.2) is 29.4 Å². The Morgan fingerprint density at radius 1 is 1.35 bits per heavy atom. The van der Waals surface area contributed by atoms with Crippen molar-refractivity contribution in [1.82, 2.24) is 20.1 Å². The lowest BCUT2D eigenvalue weighted by Gasteiger charge is -2.11. The molecule has 0 aliphatic rings. The first-order chi connectivity index (χ1) is 12.5. The average Bonchev–Trinajstić information content (AvgIpc) is 3.01. The molecule has 0 fully saturated rings. The first-order valence-corrected chi connectivity index (χ1v) is 9.24. The summed E-state index contributed by atoms with van der Waals surface area (Å²) < 4.78 is 7.02. The highest BCUT2D eigenvalue weighted by molar-refractivity contribution is 7.99. The molecule has 0 spiro atoms. The molecule has 0 radical (unpaired) electrons. The van der Waals surface area contributed by atoms with Crippen molar-refractivity contribution in [2.75, 3.05) is 26.0 Å². The van der Waals surface area contributed by atoms with Crippen molar-refractivity contribution in [1.29, 1.82) is 0 Å². The van der Waals surface area contributed by atoms with Gasteiger partial charge in [0.2, 0.25) is 11.8 Å². The number of carbonyl (C=O) groups excluding carboxylic acids is 2. The van der Waals surface area contributed by atoms with Crippen molar-refractivity contribution in [2.24, 2.45) is 5.73 Å². The van der Waals surface area contributed by atoms with E-state index in [0.29, 0.717) is 29.2 Å². The number of nitrogens with two attached hydrogens (primary N) is 1. The van der Waals surface area contributed by atoms with Crippen LogP contribution in [-0.2, 0) is 20.9 Å². The van der Waals surface area contributed by atoms with Gasteiger partial charge in [-0.1, -0.05) is 35.5 Å². The number of primary amides is 1. The molecule has 0 atom stereocenters. The second kappa shape index (κ2) is 10.1. The molecular formula is C16H20ClN5O3S. The molecule has 1 heterocycles. The highest BCUT2D eigenvalue weighted by Gasteiger charge is 2.17. The lowest BCUT2D eigenvalue weighted by molar-refractivity contribution is -0.123. The van der Waals surface area contributed by atoms with Crippen LogP contribution in [-0.4, -0.2) is 52.6 Å². The molecule has 2 rings (SSSR count). The van der Waals surface area contributed by atoms with Gasteiger partial charge in [0.05, 0.1) is 17.3 Å². The molecule has 3 N–H and O–H groups in total. The van der Waals surface area contributed by atoms with Gasteiger partial charge < -0.3 is 20.4 Å². The van der Waals surface area contributed by atoms with Gasteiger partial charge in [0.1, 0.15) is 0 Å². The summed E-state index contributed by atoms with van der Waals surface area (Å²) in [5, 5.41) is 12.0. The summed E-state index contributed by atoms with van der Waals surface area (Å²) in [4.78, 5) is 22.5. The van der Waals surface area contributed by atoms with Gasteiger partial charge in [-0.3, -0.25) is 9.59 Å². The van der Waals surface area contributed by atoms with Crippen molar-refractivity contribution in [3.05, 3.63) is 29.3 Å². The standard InChI is InChI=1S/C16H20ClN5O3S/c1-25-8-4-7-22-15(11-5-2-3-6-12(11)17)20-21-16(22)26-10-14(24)19-9-13(18)23/h2-3,5-6H,4,7-10H2,1H3,(H2,18,23)(H,19,24). The summed E-state index contributed by atoms with van der Waals surface area (Å²) in [6.07, 6.45) is 0.757. The number of methoxy groups -OCH3 is 1. The maximum atomic E-state index is 11.8. The number of carbonyl (C=O) groups is 2. The summed E-state index contributed by atoms with van der Waals surface area (Å²) in [6, 6.07) is 7.37. The third-order valence-electron chi connectivity index (χ3n) is 3.35. The molecule has 0 saturated heterocycles. The van der Waals surface area contributed by atoms with Crippen molar-refractivity contribution in [3.8, 4) is 11.4 Å². The number of ether oxygens (including phenoxy) is 1. The zero-order valence-corrected chi connectivity index (χ0v) is 15.8. The smallest absolute Gasteiger partial charge is 0.236 e. The van der Waals surface area contributed by atoms with E-state index in [9.17, 15) is 9.59 Å². The molecular weight excluding hydrogens is 378 g/mol. The van der Waals surface area contributed by atoms with E-state index < -0.39 is 5.91 Å². The molecule has 2 aromatic rings. The number of thioether (sulfide) groups is 1. The van der Waals surface area contributed by atoms with Crippen LogP contribution in [0.4, 0.5) is 0 Å². The van der Waals surface area contributed by atoms with E-state index in [4.69, 9.17) is 22.1 Å². The van der Waals surface area contributed by atoms with Crippen LogP contribution in [0.2, 0.25) is 5.02 Å². The van der Waals surface area contributed by atoms with Gasteiger partial charge in [-0.05, 0) is 18.6 Å². The van der Waals surface area contributed by atoms with E-state index in [1.807, 2.05) is 22.8 Å². The van der Waals surface area contributed by atoms with E-state index >= 15 is 0 Å². The fourth-order valence-corrected chi connectivity index (χ4v) is 3.19. The minimum absolute atomic E-state index is 0.0954. The Morgan fingerprint density at radius 2 is 2.12 bits per heavy atom. The van der Waals surface area contributed by atoms with Gasteiger partial charge >= 0.3 is 0 Å². The van der Waals surface area contributed by atoms with Crippen LogP contribution in [0.3, 0.4) is 0 Å². The van der Waals surface area contributed by atoms with Crippen molar-refractivity contribution in [2.45, 2.75) is 18.1 Å². The monoisotopic (exact) mass is 397 g/mol. The summed E-state index contributed by atoms with van der Waals surface area (Å²) in [5.41, 5.74) is 5.78. The molecule has 140 valence electrons. The third-order valence-corrected chi connectivity index (χ3v) is 4.65. The van der Waals surface area contributed by atoms with Crippen LogP contribution < -0.4 is 11.1 Å². The molecule has 1 aromatic heterocycles. The molecule has 0 bridgehead atoms. The van der Waals surface area contributed by atoms with Crippen LogP contribution >= 0.6 is 23.4 Å². The lowest BCUT2D eigenvalue weighted by atomic mass is 10.2. The first-order valence-electron chi connectivity index (χ1n) is 7.87. The molecule has 0 unspecified atom stereocenters. The van der Waals surface area contributed by atoms with Gasteiger partial charge in [-0.2, -0.15) is 0 Å². The SMILES string of the molecule is COCCCn1c(SCC(=O)NCC(N)=O)nnc1-c1ccccc1Cl. The van der Waals surface area contributed by atoms with Crippen LogP contribution in [0.1, 0.15) is 6.42 Å². The normalized spacial score (nSPS) is 10.7. The Morgan fingerprint density at radius 3 is 2.81 bits per heavy atom. The molecule has 0 aliphatic heterocycles. The lowest BCUT2D eigenvalue weighted by Crippen LogP contribution is -2.34. The largest absolute Gasteiger partial charge is 0.385 e. The molecule has 26 heavy (non-hydrogen) atoms. The highest BCUT2D eigenvalue weighted by atomic mass is 35.5. The van der Waals surface area contributed by atoms with Gasteiger partial charge in [0.25, 0.3) is 0 Å². The number of aromatic nitrogens is 3. The minimum Gasteiger partial charge on any atom is -0.385 e. The Bertz CT molecular complexity index is 768. The van der Waals surface area contributed by atoms with Gasteiger partial charge in [0, 0.05) is 25.8 Å². The summed E-state index contributed by atoms with van der Waals surface area (Å²) in [6.45, 7) is 1.01. The third kappa shape index (κ3) is 5.72. The summed E-state index contributed by atoms with van der Waals surface area (Å²) in [5.74, 6) is -0.170. The van der Waals surface area contributed by atoms with Gasteiger partial charge in [0.15, 0.2) is 11.0 Å². The quantitative estimate of drug-likeness (QED) is 0.462. The Labute approximate surface area is 160 Å². The van der Waals surface area contributed by atoms with Crippen molar-refractivity contribution < 1.29 is 14.3 Å². The zero-order valence-electron chi connectivity index (χ0n) is 14.3. The number of nitrogens with zero attached hydrogens (tertiary/aromatic N) is 3. The van der Waals surface area contributed by atoms with E-state index in [2.05, 4.69) is 15.5 Å². The number of hydrogen-bond donors (Lipinski definition) is 2. The summed E-state index contributed by atoms with van der Waals surface area (Å²) >= 11 is 7.51. The maximum absolute atomic E-state index is 11.8. The number of hydrogen-bond acceptors (Lipinski definition) is 6. The van der Waals surface area contributed by atoms with Crippen LogP contribution in [0.5, 0.6) is 0 Å². The van der Waals surface area contributed by atoms with Crippen molar-refractivity contribution >= 4 is 35.2 Å². The maximum Gasteiger partial charge on any atom is 0.236 e. The average molecular weight is 398 g/mol. The van der Waals surface area contributed by atoms with E-state index in [-0.39, 0.29) is 18.2 Å². The second-order valence-corrected chi connectivity index (χ2v) is 6.67. The van der Waals surface area contributed by atoms with E-state index in [1.54, 1.807) is 13.2 Å². The zero-order chi connectivity index (χ0) is 18.9. The first kappa shape index (κ1) is 20.2. The number of rotatable bonds is 10. The number of amides is 2. The topological polar surface area (TPSA) is 112 Å². The molecule has 2 amide bonds. The molecule has 0 saturated carbocycles. The van der Waals surface area contributed by atoms with Gasteiger partial charge in [-0.25, -0.2) is 0 Å². The fourth-order valence-electron chi connectivity index (χ4n) is 2.17. The van der Waals surface area contributed by atoms with Crippen molar-refractivity contribution in [3.63, 3.8) is 0 Å². The Balaban J connectivity index is 2.16. The molecule has 0 aliphatic carbocycles. The van der Waals surface area contributed by atoms with Gasteiger partial charge in [-0.15, -0.1) is 10.2 Å². The second-order valence-electron chi connectivity index (χ2n) is 5.32. The number of nitrogens with one attached hydrogen (secondary N) is 1. The Kier molecular flexibility index (Phi) is 7.89. The van der Waals surface area contributed by atoms with Crippen LogP contribution in [0.25, 0.3) is 11.4 Å². The predicted molar refractivity (Wildman–Crippen MR) is 99.9 cm³/mol. The summed E-state index contributed by atoms with van der Waals surface area (Å²) in [7, 11) is 1.64. The van der Waals surface area contributed by atoms with E-state index in [1.165, 1.54) is 11.8 Å². The molecule has 8 nitrogen and oxygen atoms in total. The Hall–Kier alpha value is -2.10. The highest BCUT2D eigenvalue weighted by Crippen LogP contribution is 2.29. The number of benzene rings is 1. The molecule has 10 heteroatoms. The predicted octanol–water partition coefficient (Wildman–Crippen LogP) is 1.33. The minimum atomic E-state index is -0.591.